The van der Waals surface area contributed by atoms with Crippen LogP contribution in [0.3, 0.4) is 0 Å². The molecule has 0 saturated carbocycles. The molecule has 0 amide bonds. The molecule has 0 aliphatic carbocycles. The van der Waals surface area contributed by atoms with Crippen molar-refractivity contribution in [1.29, 1.82) is 0 Å². The predicted octanol–water partition coefficient (Wildman–Crippen LogP) is 6.28. The molecule has 1 aliphatic rings. The van der Waals surface area contributed by atoms with Gasteiger partial charge < -0.3 is 0 Å². The van der Waals surface area contributed by atoms with Gasteiger partial charge in [0.1, 0.15) is 0 Å². The summed E-state index contributed by atoms with van der Waals surface area (Å²) in [4.78, 5) is 0. The second-order valence-electron chi connectivity index (χ2n) is 6.32. The lowest BCUT2D eigenvalue weighted by molar-refractivity contribution is 0.702. The molecule has 0 spiro atoms. The molecular weight excluding hydrogens is 316 g/mol. The van der Waals surface area contributed by atoms with Crippen LogP contribution in [0.2, 0.25) is 0 Å². The number of aryl methyl sites for hydroxylation is 1. The summed E-state index contributed by atoms with van der Waals surface area (Å²) in [6.07, 6.45) is 3.92. The number of hydrogen-bond acceptors (Lipinski definition) is 2. The van der Waals surface area contributed by atoms with Crippen LogP contribution in [0.5, 0.6) is 0 Å². The molecule has 0 bridgehead atoms. The highest BCUT2D eigenvalue weighted by atomic mass is 32.2. The first kappa shape index (κ1) is 17.0. The maximum Gasteiger partial charge on any atom is 0.0775 e. The Morgan fingerprint density at radius 1 is 1.04 bits per heavy atom. The average Bonchev–Trinajstić information content (AvgIpc) is 3.01. The number of thioether (sulfide) groups is 2. The first-order valence-electron chi connectivity index (χ1n) is 8.65. The maximum atomic E-state index is 2.36. The van der Waals surface area contributed by atoms with E-state index in [-0.39, 0.29) is 4.75 Å². The fourth-order valence-electron chi connectivity index (χ4n) is 3.39. The van der Waals surface area contributed by atoms with Gasteiger partial charge in [-0.05, 0) is 42.4 Å². The summed E-state index contributed by atoms with van der Waals surface area (Å²) in [6.45, 7) is 4.46. The lowest BCUT2D eigenvalue weighted by Crippen LogP contribution is -2.31. The van der Waals surface area contributed by atoms with Gasteiger partial charge in [0.2, 0.25) is 0 Å². The Morgan fingerprint density at radius 3 is 2.43 bits per heavy atom. The van der Waals surface area contributed by atoms with Crippen molar-refractivity contribution in [2.75, 3.05) is 11.5 Å². The zero-order chi connectivity index (χ0) is 16.1. The van der Waals surface area contributed by atoms with Gasteiger partial charge in [-0.1, -0.05) is 73.5 Å². The standard InChI is InChI=1S/C21H26S2/c1-3-4-15-22-20-14-16-23-21(20,18-8-6-5-7-9-18)19-12-10-17(2)11-13-19/h5-13,20H,3-4,14-16H2,1-2H3. The highest BCUT2D eigenvalue weighted by Crippen LogP contribution is 2.55. The molecule has 2 heteroatoms. The minimum absolute atomic E-state index is 0.118. The van der Waals surface area contributed by atoms with E-state index in [1.54, 1.807) is 0 Å². The Kier molecular flexibility index (Phi) is 5.76. The Morgan fingerprint density at radius 2 is 1.74 bits per heavy atom. The minimum atomic E-state index is 0.118. The van der Waals surface area contributed by atoms with Crippen LogP contribution in [-0.2, 0) is 4.75 Å². The van der Waals surface area contributed by atoms with Crippen LogP contribution < -0.4 is 0 Å². The molecule has 23 heavy (non-hydrogen) atoms. The van der Waals surface area contributed by atoms with Gasteiger partial charge in [-0.15, -0.1) is 11.8 Å². The van der Waals surface area contributed by atoms with E-state index in [4.69, 9.17) is 0 Å². The third-order valence-corrected chi connectivity index (χ3v) is 7.98. The molecule has 1 saturated heterocycles. The molecule has 2 aromatic rings. The van der Waals surface area contributed by atoms with Crippen LogP contribution in [0, 0.1) is 6.92 Å². The van der Waals surface area contributed by atoms with E-state index in [9.17, 15) is 0 Å². The quantitative estimate of drug-likeness (QED) is 0.567. The highest BCUT2D eigenvalue weighted by Gasteiger charge is 2.46. The highest BCUT2D eigenvalue weighted by molar-refractivity contribution is 8.04. The fourth-order valence-corrected chi connectivity index (χ4v) is 7.06. The lowest BCUT2D eigenvalue weighted by Gasteiger charge is -2.36. The Bertz CT molecular complexity index is 605. The molecule has 1 fully saturated rings. The fraction of sp³-hybridized carbons (Fsp3) is 0.429. The van der Waals surface area contributed by atoms with Crippen molar-refractivity contribution in [2.45, 2.75) is 43.1 Å². The van der Waals surface area contributed by atoms with Crippen LogP contribution in [0.15, 0.2) is 54.6 Å². The maximum absolute atomic E-state index is 2.36. The lowest BCUT2D eigenvalue weighted by atomic mass is 9.86. The largest absolute Gasteiger partial charge is 0.156 e. The Hall–Kier alpha value is -0.860. The van der Waals surface area contributed by atoms with Gasteiger partial charge in [0, 0.05) is 5.25 Å². The normalized spacial score (nSPS) is 24.0. The summed E-state index contributed by atoms with van der Waals surface area (Å²) >= 11 is 4.34. The van der Waals surface area contributed by atoms with E-state index < -0.39 is 0 Å². The van der Waals surface area contributed by atoms with Crippen LogP contribution in [0.4, 0.5) is 0 Å². The molecule has 0 aromatic heterocycles. The van der Waals surface area contributed by atoms with Gasteiger partial charge in [-0.2, -0.15) is 11.8 Å². The van der Waals surface area contributed by atoms with Crippen molar-refractivity contribution in [3.8, 4) is 0 Å². The first-order chi connectivity index (χ1) is 11.3. The summed E-state index contributed by atoms with van der Waals surface area (Å²) < 4.78 is 0.118. The summed E-state index contributed by atoms with van der Waals surface area (Å²) in [5.74, 6) is 2.54. The van der Waals surface area contributed by atoms with Crippen molar-refractivity contribution >= 4 is 23.5 Å². The van der Waals surface area contributed by atoms with E-state index >= 15 is 0 Å². The van der Waals surface area contributed by atoms with Gasteiger partial charge in [0.15, 0.2) is 0 Å². The third-order valence-electron chi connectivity index (χ3n) is 4.66. The van der Waals surface area contributed by atoms with Gasteiger partial charge in [-0.25, -0.2) is 0 Å². The average molecular weight is 343 g/mol. The van der Waals surface area contributed by atoms with Crippen LogP contribution in [0.25, 0.3) is 0 Å². The third kappa shape index (κ3) is 3.49. The molecule has 1 aliphatic heterocycles. The molecule has 0 radical (unpaired) electrons. The predicted molar refractivity (Wildman–Crippen MR) is 107 cm³/mol. The smallest absolute Gasteiger partial charge is 0.0775 e. The van der Waals surface area contributed by atoms with E-state index in [1.807, 2.05) is 0 Å². The van der Waals surface area contributed by atoms with Gasteiger partial charge in [-0.3, -0.25) is 0 Å². The topological polar surface area (TPSA) is 0 Å². The number of benzene rings is 2. The summed E-state index contributed by atoms with van der Waals surface area (Å²) in [7, 11) is 0. The van der Waals surface area contributed by atoms with E-state index in [0.717, 1.165) is 0 Å². The zero-order valence-electron chi connectivity index (χ0n) is 14.1. The van der Waals surface area contributed by atoms with Crippen LogP contribution in [0.1, 0.15) is 42.9 Å². The van der Waals surface area contributed by atoms with E-state index in [2.05, 4.69) is 92.0 Å². The van der Waals surface area contributed by atoms with Crippen molar-refractivity contribution in [2.24, 2.45) is 0 Å². The van der Waals surface area contributed by atoms with Crippen molar-refractivity contribution < 1.29 is 0 Å². The molecule has 3 rings (SSSR count). The van der Waals surface area contributed by atoms with Gasteiger partial charge in [0.25, 0.3) is 0 Å². The second kappa shape index (κ2) is 7.81. The summed E-state index contributed by atoms with van der Waals surface area (Å²) in [5, 5.41) is 0.671. The van der Waals surface area contributed by atoms with Crippen molar-refractivity contribution in [3.63, 3.8) is 0 Å². The molecule has 122 valence electrons. The van der Waals surface area contributed by atoms with Crippen LogP contribution >= 0.6 is 23.5 Å². The number of unbranched alkanes of at least 4 members (excludes halogenated alkanes) is 1. The minimum Gasteiger partial charge on any atom is -0.156 e. The van der Waals surface area contributed by atoms with Gasteiger partial charge >= 0.3 is 0 Å². The number of rotatable bonds is 6. The molecule has 2 atom stereocenters. The SMILES string of the molecule is CCCCSC1CCSC1(c1ccccc1)c1ccc(C)cc1. The Balaban J connectivity index is 2.01. The molecule has 2 aromatic carbocycles. The summed E-state index contributed by atoms with van der Waals surface area (Å²) in [6, 6.07) is 20.4. The number of hydrogen-bond donors (Lipinski definition) is 0. The first-order valence-corrected chi connectivity index (χ1v) is 10.7. The Labute approximate surface area is 149 Å². The second-order valence-corrected chi connectivity index (χ2v) is 8.97. The molecule has 0 N–H and O–H groups in total. The van der Waals surface area contributed by atoms with Crippen molar-refractivity contribution in [3.05, 3.63) is 71.3 Å². The van der Waals surface area contributed by atoms with Gasteiger partial charge in [0.05, 0.1) is 4.75 Å². The monoisotopic (exact) mass is 342 g/mol. The molecule has 0 nitrogen and oxygen atoms in total. The molecule has 1 heterocycles. The van der Waals surface area contributed by atoms with Crippen molar-refractivity contribution in [1.82, 2.24) is 0 Å². The summed E-state index contributed by atoms with van der Waals surface area (Å²) in [5.41, 5.74) is 4.29. The zero-order valence-corrected chi connectivity index (χ0v) is 15.8. The van der Waals surface area contributed by atoms with Crippen LogP contribution in [-0.4, -0.2) is 16.8 Å². The molecular formula is C21H26S2. The molecule has 2 unspecified atom stereocenters. The van der Waals surface area contributed by atoms with E-state index in [1.165, 1.54) is 47.5 Å². The van der Waals surface area contributed by atoms with E-state index in [0.29, 0.717) is 5.25 Å².